The van der Waals surface area contributed by atoms with Crippen LogP contribution in [0.3, 0.4) is 0 Å². The van der Waals surface area contributed by atoms with Crippen molar-refractivity contribution in [2.45, 2.75) is 33.3 Å². The molecule has 0 amide bonds. The van der Waals surface area contributed by atoms with Gasteiger partial charge < -0.3 is 5.11 Å². The van der Waals surface area contributed by atoms with Crippen LogP contribution in [-0.4, -0.2) is 11.2 Å². The molecule has 15 heavy (non-hydrogen) atoms. The van der Waals surface area contributed by atoms with Crippen LogP contribution in [0.4, 0.5) is 0 Å². The lowest BCUT2D eigenvalue weighted by atomic mass is 9.80. The lowest BCUT2D eigenvalue weighted by Crippen LogP contribution is -2.29. The van der Waals surface area contributed by atoms with Gasteiger partial charge in [0.2, 0.25) is 0 Å². The molecule has 0 radical (unpaired) electrons. The fourth-order valence-corrected chi connectivity index (χ4v) is 1.67. The van der Waals surface area contributed by atoms with E-state index in [0.29, 0.717) is 0 Å². The summed E-state index contributed by atoms with van der Waals surface area (Å²) in [5, 5.41) is 9.95. The largest absolute Gasteiger partial charge is 0.388 e. The van der Waals surface area contributed by atoms with Gasteiger partial charge in [0.05, 0.1) is 6.10 Å². The summed E-state index contributed by atoms with van der Waals surface area (Å²) in [5.41, 5.74) is 1.15. The molecule has 0 aromatic heterocycles. The molecule has 1 nitrogen and oxygen atoms in total. The zero-order valence-electron chi connectivity index (χ0n) is 9.77. The van der Waals surface area contributed by atoms with Crippen LogP contribution >= 0.6 is 0 Å². The van der Waals surface area contributed by atoms with Crippen LogP contribution in [0.2, 0.25) is 0 Å². The molecule has 1 rings (SSSR count). The van der Waals surface area contributed by atoms with E-state index in [0.717, 1.165) is 6.42 Å². The molecule has 0 saturated carbocycles. The molecule has 0 aliphatic heterocycles. The molecular weight excluding hydrogens is 184 g/mol. The molecule has 1 aromatic rings. The summed E-state index contributed by atoms with van der Waals surface area (Å²) >= 11 is 0. The average Bonchev–Trinajstić information content (AvgIpc) is 2.19. The molecule has 82 valence electrons. The molecule has 0 unspecified atom stereocenters. The van der Waals surface area contributed by atoms with E-state index >= 15 is 0 Å². The Balaban J connectivity index is 2.72. The Bertz CT molecular complexity index is 311. The van der Waals surface area contributed by atoms with Gasteiger partial charge in [-0.1, -0.05) is 56.3 Å². The van der Waals surface area contributed by atoms with E-state index in [9.17, 15) is 5.11 Å². The average molecular weight is 204 g/mol. The second kappa shape index (κ2) is 5.13. The van der Waals surface area contributed by atoms with Crippen molar-refractivity contribution in [1.82, 2.24) is 0 Å². The maximum absolute atomic E-state index is 9.95. The first-order chi connectivity index (χ1) is 7.06. The van der Waals surface area contributed by atoms with Crippen LogP contribution in [0.1, 0.15) is 26.3 Å². The normalized spacial score (nSPS) is 14.4. The third-order valence-electron chi connectivity index (χ3n) is 2.68. The molecule has 0 heterocycles. The molecule has 1 N–H and O–H groups in total. The van der Waals surface area contributed by atoms with Crippen molar-refractivity contribution in [3.05, 3.63) is 48.0 Å². The zero-order valence-corrected chi connectivity index (χ0v) is 9.77. The highest BCUT2D eigenvalue weighted by Gasteiger charge is 2.25. The van der Waals surface area contributed by atoms with Crippen LogP contribution in [0.15, 0.2) is 42.5 Å². The van der Waals surface area contributed by atoms with Gasteiger partial charge in [-0.15, -0.1) is 0 Å². The lowest BCUT2D eigenvalue weighted by molar-refractivity contribution is 0.0907. The van der Waals surface area contributed by atoms with E-state index in [-0.39, 0.29) is 11.5 Å². The van der Waals surface area contributed by atoms with E-state index < -0.39 is 0 Å². The number of benzene rings is 1. The highest BCUT2D eigenvalue weighted by molar-refractivity contribution is 5.17. The van der Waals surface area contributed by atoms with Gasteiger partial charge in [-0.3, -0.25) is 0 Å². The van der Waals surface area contributed by atoms with Gasteiger partial charge in [0, 0.05) is 0 Å². The van der Waals surface area contributed by atoms with Gasteiger partial charge in [0.15, 0.2) is 0 Å². The third kappa shape index (κ3) is 3.52. The number of hydrogen-bond donors (Lipinski definition) is 1. The van der Waals surface area contributed by atoms with Crippen LogP contribution in [-0.2, 0) is 6.42 Å². The number of allylic oxidation sites excluding steroid dienone is 1. The van der Waals surface area contributed by atoms with Crippen molar-refractivity contribution in [2.75, 3.05) is 0 Å². The summed E-state index contributed by atoms with van der Waals surface area (Å²) in [6.45, 7) is 6.11. The van der Waals surface area contributed by atoms with E-state index in [2.05, 4.69) is 26.0 Å². The molecule has 1 heteroatoms. The molecule has 0 aliphatic carbocycles. The topological polar surface area (TPSA) is 20.2 Å². The smallest absolute Gasteiger partial charge is 0.0774 e. The second-order valence-corrected chi connectivity index (χ2v) is 4.62. The maximum atomic E-state index is 9.95. The molecule has 0 aliphatic rings. The molecular formula is C14H20O. The Hall–Kier alpha value is -1.08. The minimum absolute atomic E-state index is 0.117. The second-order valence-electron chi connectivity index (χ2n) is 4.62. The van der Waals surface area contributed by atoms with Crippen LogP contribution in [0.5, 0.6) is 0 Å². The summed E-state index contributed by atoms with van der Waals surface area (Å²) < 4.78 is 0. The SMILES string of the molecule is C/C=C/[C@@H](O)C(C)(C)Cc1ccccc1. The van der Waals surface area contributed by atoms with Crippen molar-refractivity contribution in [1.29, 1.82) is 0 Å². The van der Waals surface area contributed by atoms with Crippen molar-refractivity contribution in [2.24, 2.45) is 5.41 Å². The lowest BCUT2D eigenvalue weighted by Gasteiger charge is -2.28. The molecule has 1 atom stereocenters. The van der Waals surface area contributed by atoms with Gasteiger partial charge >= 0.3 is 0 Å². The summed E-state index contributed by atoms with van der Waals surface area (Å²) in [7, 11) is 0. The standard InChI is InChI=1S/C14H20O/c1-4-8-13(15)14(2,3)11-12-9-6-5-7-10-12/h4-10,13,15H,11H2,1-3H3/b8-4+/t13-/m1/s1. The van der Waals surface area contributed by atoms with Gasteiger partial charge in [-0.05, 0) is 24.3 Å². The van der Waals surface area contributed by atoms with E-state index in [1.807, 2.05) is 37.3 Å². The predicted molar refractivity (Wildman–Crippen MR) is 64.7 cm³/mol. The maximum Gasteiger partial charge on any atom is 0.0774 e. The first kappa shape index (κ1) is 12.0. The fourth-order valence-electron chi connectivity index (χ4n) is 1.67. The molecule has 0 bridgehead atoms. The van der Waals surface area contributed by atoms with Crippen molar-refractivity contribution < 1.29 is 5.11 Å². The van der Waals surface area contributed by atoms with Crippen LogP contribution < -0.4 is 0 Å². The zero-order chi connectivity index (χ0) is 11.3. The minimum Gasteiger partial charge on any atom is -0.388 e. The number of aliphatic hydroxyl groups excluding tert-OH is 1. The first-order valence-corrected chi connectivity index (χ1v) is 5.41. The Morgan fingerprint density at radius 3 is 2.40 bits per heavy atom. The van der Waals surface area contributed by atoms with Gasteiger partial charge in [-0.2, -0.15) is 0 Å². The highest BCUT2D eigenvalue weighted by Crippen LogP contribution is 2.26. The van der Waals surface area contributed by atoms with Crippen molar-refractivity contribution in [3.8, 4) is 0 Å². The monoisotopic (exact) mass is 204 g/mol. The predicted octanol–water partition coefficient (Wildman–Crippen LogP) is 3.19. The minimum atomic E-state index is -0.386. The van der Waals surface area contributed by atoms with Gasteiger partial charge in [0.25, 0.3) is 0 Å². The van der Waals surface area contributed by atoms with E-state index in [4.69, 9.17) is 0 Å². The summed E-state index contributed by atoms with van der Waals surface area (Å²) in [6.07, 6.45) is 4.25. The van der Waals surface area contributed by atoms with Gasteiger partial charge in [0.1, 0.15) is 0 Å². The Morgan fingerprint density at radius 1 is 1.27 bits per heavy atom. The van der Waals surface area contributed by atoms with E-state index in [1.165, 1.54) is 5.56 Å². The van der Waals surface area contributed by atoms with Gasteiger partial charge in [-0.25, -0.2) is 0 Å². The summed E-state index contributed by atoms with van der Waals surface area (Å²) in [6, 6.07) is 10.3. The Labute approximate surface area is 92.5 Å². The van der Waals surface area contributed by atoms with Crippen molar-refractivity contribution in [3.63, 3.8) is 0 Å². The molecule has 0 spiro atoms. The van der Waals surface area contributed by atoms with Crippen LogP contribution in [0.25, 0.3) is 0 Å². The quantitative estimate of drug-likeness (QED) is 0.747. The molecule has 1 aromatic carbocycles. The fraction of sp³-hybridized carbons (Fsp3) is 0.429. The van der Waals surface area contributed by atoms with Crippen LogP contribution in [0, 0.1) is 5.41 Å². The molecule has 0 saturated heterocycles. The third-order valence-corrected chi connectivity index (χ3v) is 2.68. The summed E-state index contributed by atoms with van der Waals surface area (Å²) in [4.78, 5) is 0. The highest BCUT2D eigenvalue weighted by atomic mass is 16.3. The number of hydrogen-bond acceptors (Lipinski definition) is 1. The first-order valence-electron chi connectivity index (χ1n) is 5.41. The number of aliphatic hydroxyl groups is 1. The van der Waals surface area contributed by atoms with E-state index in [1.54, 1.807) is 0 Å². The number of rotatable bonds is 4. The summed E-state index contributed by atoms with van der Waals surface area (Å²) in [5.74, 6) is 0. The van der Waals surface area contributed by atoms with Crippen molar-refractivity contribution >= 4 is 0 Å². The Kier molecular flexibility index (Phi) is 4.10. The molecule has 0 fully saturated rings. The Morgan fingerprint density at radius 2 is 1.87 bits per heavy atom.